The number of ether oxygens (including phenoxy) is 2. The zero-order valence-electron chi connectivity index (χ0n) is 17.5. The molecule has 0 amide bonds. The van der Waals surface area contributed by atoms with Gasteiger partial charge in [0.1, 0.15) is 18.5 Å². The number of hydrogen-bond donors (Lipinski definition) is 2. The molecule has 7 nitrogen and oxygen atoms in total. The second-order valence-corrected chi connectivity index (χ2v) is 7.73. The summed E-state index contributed by atoms with van der Waals surface area (Å²) >= 11 is 0. The minimum Gasteiger partial charge on any atom is -0.488 e. The molecule has 0 saturated carbocycles. The lowest BCUT2D eigenvalue weighted by Crippen LogP contribution is -2.18. The van der Waals surface area contributed by atoms with Crippen LogP contribution < -0.4 is 4.74 Å². The smallest absolute Gasteiger partial charge is 0.306 e. The van der Waals surface area contributed by atoms with Crippen LogP contribution in [0.2, 0.25) is 0 Å². The number of benzene rings is 1. The van der Waals surface area contributed by atoms with E-state index in [-0.39, 0.29) is 6.42 Å². The lowest BCUT2D eigenvalue weighted by Gasteiger charge is -2.22. The maximum Gasteiger partial charge on any atom is 0.306 e. The molecule has 1 atom stereocenters. The Balaban J connectivity index is 1.82. The predicted molar refractivity (Wildman–Crippen MR) is 115 cm³/mol. The number of nitriles is 1. The monoisotopic (exact) mass is 419 g/mol. The van der Waals surface area contributed by atoms with E-state index in [1.54, 1.807) is 12.4 Å². The van der Waals surface area contributed by atoms with Gasteiger partial charge in [0.15, 0.2) is 0 Å². The number of aryl methyl sites for hydroxylation is 1. The highest BCUT2D eigenvalue weighted by molar-refractivity contribution is 5.94. The van der Waals surface area contributed by atoms with E-state index in [0.29, 0.717) is 30.9 Å². The van der Waals surface area contributed by atoms with Crippen LogP contribution >= 0.6 is 0 Å². The first-order valence-electron chi connectivity index (χ1n) is 10.6. The normalized spacial score (nSPS) is 15.4. The lowest BCUT2D eigenvalue weighted by atomic mass is 9.95. The molecule has 160 valence electrons. The highest BCUT2D eigenvalue weighted by atomic mass is 16.5. The third kappa shape index (κ3) is 4.25. The Hall–Kier alpha value is -3.37. The summed E-state index contributed by atoms with van der Waals surface area (Å²) in [5.41, 5.74) is 5.17. The number of pyridine rings is 1. The number of nitrogens with one attached hydrogen (secondary N) is 1. The van der Waals surface area contributed by atoms with E-state index in [1.807, 2.05) is 18.2 Å². The summed E-state index contributed by atoms with van der Waals surface area (Å²) in [6.45, 7) is 2.95. The summed E-state index contributed by atoms with van der Waals surface area (Å²) in [6.07, 6.45) is 6.24. The van der Waals surface area contributed by atoms with Crippen LogP contribution in [-0.2, 0) is 29.0 Å². The molecular formula is C24H25N3O4. The minimum absolute atomic E-state index is 0.114. The van der Waals surface area contributed by atoms with Crippen molar-refractivity contribution < 1.29 is 19.4 Å². The number of rotatable bonds is 8. The average molecular weight is 419 g/mol. The number of aromatic nitrogens is 2. The van der Waals surface area contributed by atoms with E-state index in [9.17, 15) is 15.2 Å². The van der Waals surface area contributed by atoms with Gasteiger partial charge < -0.3 is 19.6 Å². The van der Waals surface area contributed by atoms with Crippen molar-refractivity contribution in [3.8, 4) is 11.8 Å². The topological polar surface area (TPSA) is 108 Å². The Kier molecular flexibility index (Phi) is 6.19. The van der Waals surface area contributed by atoms with Gasteiger partial charge in [0, 0.05) is 29.0 Å². The maximum atomic E-state index is 11.3. The Morgan fingerprint density at radius 1 is 1.42 bits per heavy atom. The maximum absolute atomic E-state index is 11.3. The fraction of sp³-hybridized carbons (Fsp3) is 0.375. The van der Waals surface area contributed by atoms with Gasteiger partial charge in [-0.05, 0) is 48.6 Å². The largest absolute Gasteiger partial charge is 0.488 e. The number of aromatic amines is 1. The standard InChI is InChI=1S/C24H25N3O4/c1-2-3-4-17-19(31-14-15-5-8-26-9-6-15)11-16(13-25)22-18-7-10-30-20(12-21(28)29)23(18)27-24(17)22/h5-6,8-9,11,20,27H,2-4,7,10,12,14H2,1H3,(H,28,29). The third-order valence-corrected chi connectivity index (χ3v) is 5.68. The number of nitrogens with zero attached hydrogens (tertiary/aromatic N) is 2. The molecule has 1 unspecified atom stereocenters. The number of carboxylic acid groups (broad SMARTS) is 1. The summed E-state index contributed by atoms with van der Waals surface area (Å²) in [7, 11) is 0. The van der Waals surface area contributed by atoms with Gasteiger partial charge in [-0.3, -0.25) is 9.78 Å². The molecule has 3 aromatic rings. The fourth-order valence-electron chi connectivity index (χ4n) is 4.19. The molecule has 1 aliphatic heterocycles. The van der Waals surface area contributed by atoms with Crippen LogP contribution in [0.5, 0.6) is 5.75 Å². The molecule has 7 heteroatoms. The number of H-pyrrole nitrogens is 1. The Morgan fingerprint density at radius 3 is 2.94 bits per heavy atom. The SMILES string of the molecule is CCCCc1c(OCc2ccncc2)cc(C#N)c2c3c([nH]c12)C(CC(=O)O)OCC3. The molecule has 0 spiro atoms. The van der Waals surface area contributed by atoms with Crippen LogP contribution in [0.15, 0.2) is 30.6 Å². The first-order valence-corrected chi connectivity index (χ1v) is 10.6. The fourth-order valence-corrected chi connectivity index (χ4v) is 4.19. The van der Waals surface area contributed by atoms with E-state index in [2.05, 4.69) is 23.0 Å². The van der Waals surface area contributed by atoms with Crippen LogP contribution in [-0.4, -0.2) is 27.7 Å². The predicted octanol–water partition coefficient (Wildman–Crippen LogP) is 4.44. The quantitative estimate of drug-likeness (QED) is 0.559. The number of aliphatic carboxylic acids is 1. The van der Waals surface area contributed by atoms with Gasteiger partial charge in [0.05, 0.1) is 30.2 Å². The molecule has 0 saturated heterocycles. The van der Waals surface area contributed by atoms with Crippen molar-refractivity contribution in [2.45, 2.75) is 51.7 Å². The molecule has 2 N–H and O–H groups in total. The van der Waals surface area contributed by atoms with Crippen LogP contribution in [0.1, 0.15) is 60.2 Å². The summed E-state index contributed by atoms with van der Waals surface area (Å²) in [6, 6.07) is 7.94. The lowest BCUT2D eigenvalue weighted by molar-refractivity contribution is -0.140. The Morgan fingerprint density at radius 2 is 2.23 bits per heavy atom. The van der Waals surface area contributed by atoms with Gasteiger partial charge in [0.25, 0.3) is 0 Å². The van der Waals surface area contributed by atoms with Crippen molar-refractivity contribution in [2.75, 3.05) is 6.61 Å². The van der Waals surface area contributed by atoms with Crippen molar-refractivity contribution in [1.29, 1.82) is 5.26 Å². The summed E-state index contributed by atoms with van der Waals surface area (Å²) in [5, 5.41) is 20.1. The molecule has 0 fully saturated rings. The molecule has 0 radical (unpaired) electrons. The van der Waals surface area contributed by atoms with Crippen LogP contribution in [0, 0.1) is 11.3 Å². The molecule has 0 bridgehead atoms. The first-order chi connectivity index (χ1) is 15.1. The third-order valence-electron chi connectivity index (χ3n) is 5.68. The number of unbranched alkanes of at least 4 members (excludes halogenated alkanes) is 1. The van der Waals surface area contributed by atoms with Crippen molar-refractivity contribution in [2.24, 2.45) is 0 Å². The van der Waals surface area contributed by atoms with Crippen molar-refractivity contribution >= 4 is 16.9 Å². The van der Waals surface area contributed by atoms with Crippen LogP contribution in [0.25, 0.3) is 10.9 Å². The molecule has 4 rings (SSSR count). The Labute approximate surface area is 180 Å². The molecule has 1 aliphatic rings. The zero-order chi connectivity index (χ0) is 21.8. The molecule has 1 aromatic carbocycles. The summed E-state index contributed by atoms with van der Waals surface area (Å²) in [4.78, 5) is 18.8. The molecule has 31 heavy (non-hydrogen) atoms. The van der Waals surface area contributed by atoms with Crippen molar-refractivity contribution in [1.82, 2.24) is 9.97 Å². The highest BCUT2D eigenvalue weighted by Crippen LogP contribution is 2.40. The molecule has 0 aliphatic carbocycles. The van der Waals surface area contributed by atoms with Gasteiger partial charge in [-0.25, -0.2) is 0 Å². The number of carbonyl (C=O) groups is 1. The number of hydrogen-bond acceptors (Lipinski definition) is 5. The highest BCUT2D eigenvalue weighted by Gasteiger charge is 2.29. The van der Waals surface area contributed by atoms with E-state index >= 15 is 0 Å². The Bertz CT molecular complexity index is 1130. The van der Waals surface area contributed by atoms with Gasteiger partial charge in [-0.1, -0.05) is 13.3 Å². The van der Waals surface area contributed by atoms with E-state index < -0.39 is 12.1 Å². The molecule has 2 aromatic heterocycles. The number of fused-ring (bicyclic) bond motifs is 3. The van der Waals surface area contributed by atoms with Crippen LogP contribution in [0.3, 0.4) is 0 Å². The van der Waals surface area contributed by atoms with Crippen molar-refractivity contribution in [3.05, 3.63) is 58.5 Å². The minimum atomic E-state index is -0.912. The van der Waals surface area contributed by atoms with Gasteiger partial charge in [-0.15, -0.1) is 0 Å². The summed E-state index contributed by atoms with van der Waals surface area (Å²) < 4.78 is 11.9. The van der Waals surface area contributed by atoms with Crippen LogP contribution in [0.4, 0.5) is 0 Å². The second kappa shape index (κ2) is 9.19. The zero-order valence-corrected chi connectivity index (χ0v) is 17.5. The van der Waals surface area contributed by atoms with Gasteiger partial charge >= 0.3 is 5.97 Å². The van der Waals surface area contributed by atoms with Gasteiger partial charge in [0.2, 0.25) is 0 Å². The van der Waals surface area contributed by atoms with E-state index in [4.69, 9.17) is 9.47 Å². The summed E-state index contributed by atoms with van der Waals surface area (Å²) in [5.74, 6) is -0.229. The molecule has 3 heterocycles. The number of carboxylic acids is 1. The molecular weight excluding hydrogens is 394 g/mol. The van der Waals surface area contributed by atoms with E-state index in [0.717, 1.165) is 52.5 Å². The van der Waals surface area contributed by atoms with Gasteiger partial charge in [-0.2, -0.15) is 5.26 Å². The first kappa shape index (κ1) is 20.9. The van der Waals surface area contributed by atoms with E-state index in [1.165, 1.54) is 0 Å². The van der Waals surface area contributed by atoms with Crippen molar-refractivity contribution in [3.63, 3.8) is 0 Å². The average Bonchev–Trinajstić information content (AvgIpc) is 3.17. The second-order valence-electron chi connectivity index (χ2n) is 7.73.